The number of rotatable bonds is 6. The molecule has 2 fully saturated rings. The molecule has 138 valence electrons. The minimum atomic E-state index is 0.0595. The molecule has 0 radical (unpaired) electrons. The number of hydrogen-bond acceptors (Lipinski definition) is 3. The molecule has 0 aromatic rings. The Kier molecular flexibility index (Phi) is 8.36. The van der Waals surface area contributed by atoms with Gasteiger partial charge in [-0.3, -0.25) is 4.79 Å². The lowest BCUT2D eigenvalue weighted by Crippen LogP contribution is -2.45. The van der Waals surface area contributed by atoms with Crippen molar-refractivity contribution in [2.45, 2.75) is 51.4 Å². The van der Waals surface area contributed by atoms with Gasteiger partial charge in [0.1, 0.15) is 0 Å². The van der Waals surface area contributed by atoms with E-state index in [0.29, 0.717) is 12.3 Å². The van der Waals surface area contributed by atoms with Crippen LogP contribution in [0, 0.1) is 5.92 Å². The number of carbonyl (C=O) groups is 2. The van der Waals surface area contributed by atoms with Crippen molar-refractivity contribution >= 4 is 11.9 Å². The molecule has 0 aromatic carbocycles. The summed E-state index contributed by atoms with van der Waals surface area (Å²) >= 11 is 0. The van der Waals surface area contributed by atoms with E-state index < -0.39 is 0 Å². The highest BCUT2D eigenvalue weighted by molar-refractivity contribution is 5.76. The second-order valence-electron chi connectivity index (χ2n) is 7.15. The van der Waals surface area contributed by atoms with Gasteiger partial charge in [-0.1, -0.05) is 12.8 Å². The van der Waals surface area contributed by atoms with E-state index in [9.17, 15) is 9.59 Å². The van der Waals surface area contributed by atoms with Gasteiger partial charge >= 0.3 is 6.03 Å². The molecule has 0 unspecified atom stereocenters. The maximum atomic E-state index is 12.2. The second-order valence-corrected chi connectivity index (χ2v) is 7.15. The molecule has 0 bridgehead atoms. The quantitative estimate of drug-likeness (QED) is 0.726. The zero-order chi connectivity index (χ0) is 17.2. The number of piperidine rings is 1. The summed E-state index contributed by atoms with van der Waals surface area (Å²) in [5.74, 6) is 0.517. The largest absolute Gasteiger partial charge is 0.359 e. The van der Waals surface area contributed by atoms with E-state index >= 15 is 0 Å². The van der Waals surface area contributed by atoms with Gasteiger partial charge in [0.05, 0.1) is 0 Å². The van der Waals surface area contributed by atoms with Crippen LogP contribution in [0.15, 0.2) is 0 Å². The number of hydrogen-bond donors (Lipinski definition) is 2. The molecule has 0 aliphatic carbocycles. The number of carbonyl (C=O) groups excluding carboxylic acids is 2. The molecule has 0 aromatic heterocycles. The number of likely N-dealkylation sites (tertiary alicyclic amines) is 2. The van der Waals surface area contributed by atoms with E-state index in [-0.39, 0.29) is 11.9 Å². The van der Waals surface area contributed by atoms with Crippen LogP contribution in [0.4, 0.5) is 4.79 Å². The molecule has 2 aliphatic rings. The lowest BCUT2D eigenvalue weighted by Gasteiger charge is -2.31. The first-order valence-corrected chi connectivity index (χ1v) is 9.64. The van der Waals surface area contributed by atoms with Gasteiger partial charge in [-0.2, -0.15) is 0 Å². The van der Waals surface area contributed by atoms with E-state index in [1.54, 1.807) is 7.05 Å². The van der Waals surface area contributed by atoms with Crippen molar-refractivity contribution in [1.29, 1.82) is 0 Å². The highest BCUT2D eigenvalue weighted by Crippen LogP contribution is 2.20. The van der Waals surface area contributed by atoms with Gasteiger partial charge in [-0.05, 0) is 57.7 Å². The maximum absolute atomic E-state index is 12.2. The van der Waals surface area contributed by atoms with Crippen molar-refractivity contribution in [3.8, 4) is 0 Å². The summed E-state index contributed by atoms with van der Waals surface area (Å²) in [7, 11) is 1.68. The van der Waals surface area contributed by atoms with Crippen LogP contribution in [0.3, 0.4) is 0 Å². The van der Waals surface area contributed by atoms with Crippen LogP contribution in [0.25, 0.3) is 0 Å². The van der Waals surface area contributed by atoms with Crippen molar-refractivity contribution in [2.75, 3.05) is 46.3 Å². The molecule has 2 heterocycles. The monoisotopic (exact) mass is 338 g/mol. The van der Waals surface area contributed by atoms with E-state index in [1.807, 2.05) is 4.90 Å². The molecule has 6 nitrogen and oxygen atoms in total. The van der Waals surface area contributed by atoms with Gasteiger partial charge < -0.3 is 20.4 Å². The fourth-order valence-corrected chi connectivity index (χ4v) is 3.67. The molecule has 0 atom stereocenters. The lowest BCUT2D eigenvalue weighted by atomic mass is 9.93. The van der Waals surface area contributed by atoms with Gasteiger partial charge in [0, 0.05) is 33.1 Å². The first kappa shape index (κ1) is 19.0. The van der Waals surface area contributed by atoms with E-state index in [1.165, 1.54) is 38.8 Å². The van der Waals surface area contributed by atoms with Crippen molar-refractivity contribution in [1.82, 2.24) is 20.4 Å². The summed E-state index contributed by atoms with van der Waals surface area (Å²) in [5.41, 5.74) is 0. The fraction of sp³-hybridized carbons (Fsp3) is 0.889. The topological polar surface area (TPSA) is 64.7 Å². The SMILES string of the molecule is CNC(=O)CC1CCN(C(=O)NCCCN2CCCCCC2)CC1. The molecule has 2 N–H and O–H groups in total. The van der Waals surface area contributed by atoms with Gasteiger partial charge in [-0.25, -0.2) is 4.79 Å². The third-order valence-electron chi connectivity index (χ3n) is 5.28. The molecule has 0 spiro atoms. The average molecular weight is 338 g/mol. The van der Waals surface area contributed by atoms with Gasteiger partial charge in [0.25, 0.3) is 0 Å². The summed E-state index contributed by atoms with van der Waals surface area (Å²) in [4.78, 5) is 28.1. The number of amides is 3. The number of urea groups is 1. The normalized spacial score (nSPS) is 20.5. The second kappa shape index (κ2) is 10.5. The maximum Gasteiger partial charge on any atom is 0.317 e. The predicted molar refractivity (Wildman–Crippen MR) is 95.9 cm³/mol. The molecule has 0 saturated carbocycles. The van der Waals surface area contributed by atoms with Crippen molar-refractivity contribution in [3.63, 3.8) is 0 Å². The zero-order valence-corrected chi connectivity index (χ0v) is 15.2. The van der Waals surface area contributed by atoms with Crippen LogP contribution in [-0.2, 0) is 4.79 Å². The minimum Gasteiger partial charge on any atom is -0.359 e. The van der Waals surface area contributed by atoms with Crippen molar-refractivity contribution < 1.29 is 9.59 Å². The predicted octanol–water partition coefficient (Wildman–Crippen LogP) is 1.81. The van der Waals surface area contributed by atoms with Crippen LogP contribution in [0.2, 0.25) is 0 Å². The Labute approximate surface area is 146 Å². The molecule has 24 heavy (non-hydrogen) atoms. The van der Waals surface area contributed by atoms with Gasteiger partial charge in [-0.15, -0.1) is 0 Å². The van der Waals surface area contributed by atoms with Crippen molar-refractivity contribution in [2.24, 2.45) is 5.92 Å². The van der Waals surface area contributed by atoms with E-state index in [4.69, 9.17) is 0 Å². The van der Waals surface area contributed by atoms with Crippen LogP contribution in [0.1, 0.15) is 51.4 Å². The smallest absolute Gasteiger partial charge is 0.317 e. The van der Waals surface area contributed by atoms with Crippen LogP contribution < -0.4 is 10.6 Å². The number of nitrogens with zero attached hydrogens (tertiary/aromatic N) is 2. The highest BCUT2D eigenvalue weighted by atomic mass is 16.2. The molecule has 2 rings (SSSR count). The third kappa shape index (κ3) is 6.67. The fourth-order valence-electron chi connectivity index (χ4n) is 3.67. The van der Waals surface area contributed by atoms with E-state index in [2.05, 4.69) is 15.5 Å². The standard InChI is InChI=1S/C18H34N4O2/c1-19-17(23)15-16-7-13-22(14-8-16)18(24)20-9-6-12-21-10-4-2-3-5-11-21/h16H,2-15H2,1H3,(H,19,23)(H,20,24). The molecule has 3 amide bonds. The summed E-state index contributed by atoms with van der Waals surface area (Å²) in [6, 6.07) is 0.0595. The first-order valence-electron chi connectivity index (χ1n) is 9.64. The van der Waals surface area contributed by atoms with Crippen molar-refractivity contribution in [3.05, 3.63) is 0 Å². The minimum absolute atomic E-state index is 0.0595. The Morgan fingerprint density at radius 3 is 2.29 bits per heavy atom. The average Bonchev–Trinajstić information content (AvgIpc) is 2.88. The Bertz CT molecular complexity index is 386. The Morgan fingerprint density at radius 2 is 1.67 bits per heavy atom. The molecular formula is C18H34N4O2. The Hall–Kier alpha value is -1.30. The molecule has 6 heteroatoms. The highest BCUT2D eigenvalue weighted by Gasteiger charge is 2.23. The lowest BCUT2D eigenvalue weighted by molar-refractivity contribution is -0.121. The molecule has 2 aliphatic heterocycles. The molecule has 2 saturated heterocycles. The Balaban J connectivity index is 1.55. The Morgan fingerprint density at radius 1 is 1.00 bits per heavy atom. The first-order chi connectivity index (χ1) is 11.7. The van der Waals surface area contributed by atoms with Crippen LogP contribution in [0.5, 0.6) is 0 Å². The number of nitrogens with one attached hydrogen (secondary N) is 2. The van der Waals surface area contributed by atoms with Gasteiger partial charge in [0.2, 0.25) is 5.91 Å². The van der Waals surface area contributed by atoms with E-state index in [0.717, 1.165) is 45.4 Å². The summed E-state index contributed by atoms with van der Waals surface area (Å²) in [5, 5.41) is 5.73. The summed E-state index contributed by atoms with van der Waals surface area (Å²) in [6.07, 6.45) is 8.82. The molecular weight excluding hydrogens is 304 g/mol. The summed E-state index contributed by atoms with van der Waals surface area (Å²) in [6.45, 7) is 5.81. The van der Waals surface area contributed by atoms with Crippen LogP contribution in [-0.4, -0.2) is 68.1 Å². The summed E-state index contributed by atoms with van der Waals surface area (Å²) < 4.78 is 0. The third-order valence-corrected chi connectivity index (χ3v) is 5.28. The van der Waals surface area contributed by atoms with Crippen LogP contribution >= 0.6 is 0 Å². The zero-order valence-electron chi connectivity index (χ0n) is 15.2. The van der Waals surface area contributed by atoms with Gasteiger partial charge in [0.15, 0.2) is 0 Å².